The van der Waals surface area contributed by atoms with E-state index in [2.05, 4.69) is 0 Å². The van der Waals surface area contributed by atoms with Gasteiger partial charge in [0.25, 0.3) is 0 Å². The first kappa shape index (κ1) is 9.62. The van der Waals surface area contributed by atoms with Crippen LogP contribution in [0.4, 0.5) is 0 Å². The number of rotatable bonds is 1. The first-order valence-corrected chi connectivity index (χ1v) is 6.38. The van der Waals surface area contributed by atoms with Gasteiger partial charge in [-0.05, 0) is 25.7 Å². The van der Waals surface area contributed by atoms with Gasteiger partial charge in [0, 0.05) is 16.1 Å². The van der Waals surface area contributed by atoms with E-state index in [0.29, 0.717) is 12.8 Å². The molecule has 0 aromatic rings. The lowest BCUT2D eigenvalue weighted by atomic mass is 10.00. The van der Waals surface area contributed by atoms with Crippen molar-refractivity contribution in [2.45, 2.75) is 36.3 Å². The van der Waals surface area contributed by atoms with Gasteiger partial charge in [-0.3, -0.25) is 0 Å². The average Bonchev–Trinajstić information content (AvgIpc) is 1.86. The van der Waals surface area contributed by atoms with E-state index in [4.69, 9.17) is 22.3 Å². The molecule has 1 rings (SSSR count). The van der Waals surface area contributed by atoms with Gasteiger partial charge in [0.05, 0.1) is 5.25 Å². The van der Waals surface area contributed by atoms with Crippen molar-refractivity contribution in [3.8, 4) is 0 Å². The van der Waals surface area contributed by atoms with Crippen molar-refractivity contribution in [3.63, 3.8) is 0 Å². The zero-order valence-corrected chi connectivity index (χ0v) is 8.29. The monoisotopic (exact) mass is 216 g/mol. The van der Waals surface area contributed by atoms with E-state index in [9.17, 15) is 8.42 Å². The van der Waals surface area contributed by atoms with E-state index >= 15 is 0 Å². The SMILES string of the molecule is O=S(=O)(Cl)C1CCC(Cl)CC1. The van der Waals surface area contributed by atoms with Crippen LogP contribution in [0.5, 0.6) is 0 Å². The van der Waals surface area contributed by atoms with E-state index < -0.39 is 9.05 Å². The Morgan fingerprint density at radius 2 is 1.55 bits per heavy atom. The third-order valence-electron chi connectivity index (χ3n) is 2.00. The van der Waals surface area contributed by atoms with Gasteiger partial charge in [-0.15, -0.1) is 11.6 Å². The molecule has 11 heavy (non-hydrogen) atoms. The maximum atomic E-state index is 10.8. The number of hydrogen-bond donors (Lipinski definition) is 0. The van der Waals surface area contributed by atoms with Crippen molar-refractivity contribution in [2.24, 2.45) is 0 Å². The Bertz CT molecular complexity index is 217. The van der Waals surface area contributed by atoms with Gasteiger partial charge >= 0.3 is 0 Å². The Labute approximate surface area is 76.3 Å². The van der Waals surface area contributed by atoms with Crippen LogP contribution in [0.15, 0.2) is 0 Å². The zero-order chi connectivity index (χ0) is 8.48. The highest BCUT2D eigenvalue weighted by molar-refractivity contribution is 8.14. The molecule has 0 N–H and O–H groups in total. The molecule has 1 fully saturated rings. The van der Waals surface area contributed by atoms with Crippen molar-refractivity contribution in [1.82, 2.24) is 0 Å². The fourth-order valence-corrected chi connectivity index (χ4v) is 2.93. The summed E-state index contributed by atoms with van der Waals surface area (Å²) in [5.41, 5.74) is 0. The molecular weight excluding hydrogens is 207 g/mol. The van der Waals surface area contributed by atoms with Gasteiger partial charge in [0.15, 0.2) is 0 Å². The molecule has 1 aliphatic carbocycles. The van der Waals surface area contributed by atoms with Crippen LogP contribution < -0.4 is 0 Å². The predicted molar refractivity (Wildman–Crippen MR) is 46.7 cm³/mol. The number of hydrogen-bond acceptors (Lipinski definition) is 2. The van der Waals surface area contributed by atoms with Gasteiger partial charge in [0.1, 0.15) is 0 Å². The highest BCUT2D eigenvalue weighted by Crippen LogP contribution is 2.28. The largest absolute Gasteiger partial charge is 0.235 e. The summed E-state index contributed by atoms with van der Waals surface area (Å²) in [6.07, 6.45) is 2.75. The van der Waals surface area contributed by atoms with Crippen molar-refractivity contribution in [2.75, 3.05) is 0 Å². The molecule has 0 heterocycles. The molecule has 0 spiro atoms. The number of alkyl halides is 1. The van der Waals surface area contributed by atoms with Gasteiger partial charge in [-0.1, -0.05) is 0 Å². The predicted octanol–water partition coefficient (Wildman–Crippen LogP) is 2.10. The molecule has 0 atom stereocenters. The highest BCUT2D eigenvalue weighted by atomic mass is 35.7. The molecule has 0 radical (unpaired) electrons. The van der Waals surface area contributed by atoms with Crippen LogP contribution in [-0.2, 0) is 9.05 Å². The molecule has 0 aromatic carbocycles. The van der Waals surface area contributed by atoms with Crippen molar-refractivity contribution < 1.29 is 8.42 Å². The standard InChI is InChI=1S/C6H10Cl2O2S/c7-5-1-3-6(4-2-5)11(8,9)10/h5-6H,1-4H2. The number of halogens is 2. The molecule has 0 amide bonds. The van der Waals surface area contributed by atoms with Gasteiger partial charge in [0.2, 0.25) is 9.05 Å². The Kier molecular flexibility index (Phi) is 3.06. The van der Waals surface area contributed by atoms with Crippen molar-refractivity contribution >= 4 is 31.3 Å². The molecule has 5 heteroatoms. The Balaban J connectivity index is 2.53. The van der Waals surface area contributed by atoms with E-state index in [-0.39, 0.29) is 10.6 Å². The molecule has 2 nitrogen and oxygen atoms in total. The normalized spacial score (nSPS) is 33.6. The quantitative estimate of drug-likeness (QED) is 0.498. The van der Waals surface area contributed by atoms with Crippen LogP contribution >= 0.6 is 22.3 Å². The molecule has 0 saturated heterocycles. The topological polar surface area (TPSA) is 34.1 Å². The molecule has 1 aliphatic rings. The van der Waals surface area contributed by atoms with Gasteiger partial charge in [-0.2, -0.15) is 0 Å². The van der Waals surface area contributed by atoms with E-state index in [0.717, 1.165) is 12.8 Å². The Hall–Kier alpha value is 0.530. The van der Waals surface area contributed by atoms with Crippen LogP contribution in [0, 0.1) is 0 Å². The highest BCUT2D eigenvalue weighted by Gasteiger charge is 2.28. The van der Waals surface area contributed by atoms with Crippen LogP contribution in [0.25, 0.3) is 0 Å². The molecular formula is C6H10Cl2O2S. The second-order valence-electron chi connectivity index (χ2n) is 2.85. The summed E-state index contributed by atoms with van der Waals surface area (Å²) in [5, 5.41) is -0.219. The van der Waals surface area contributed by atoms with Crippen LogP contribution in [0.1, 0.15) is 25.7 Å². The summed E-state index contributed by atoms with van der Waals surface area (Å²) in [6, 6.07) is 0. The lowest BCUT2D eigenvalue weighted by molar-refractivity contribution is 0.495. The maximum absolute atomic E-state index is 10.8. The minimum Gasteiger partial charge on any atom is -0.212 e. The average molecular weight is 217 g/mol. The lowest BCUT2D eigenvalue weighted by Crippen LogP contribution is -2.23. The third kappa shape index (κ3) is 2.80. The summed E-state index contributed by atoms with van der Waals surface area (Å²) in [4.78, 5) is 0. The Morgan fingerprint density at radius 1 is 1.09 bits per heavy atom. The smallest absolute Gasteiger partial charge is 0.212 e. The summed E-state index contributed by atoms with van der Waals surface area (Å²) in [5.74, 6) is 0. The van der Waals surface area contributed by atoms with Crippen molar-refractivity contribution in [1.29, 1.82) is 0 Å². The van der Waals surface area contributed by atoms with E-state index in [1.165, 1.54) is 0 Å². The van der Waals surface area contributed by atoms with E-state index in [1.807, 2.05) is 0 Å². The second-order valence-corrected chi connectivity index (χ2v) is 6.38. The molecule has 0 aromatic heterocycles. The molecule has 0 aliphatic heterocycles. The van der Waals surface area contributed by atoms with Gasteiger partial charge in [-0.25, -0.2) is 8.42 Å². The summed E-state index contributed by atoms with van der Waals surface area (Å²) in [6.45, 7) is 0. The second kappa shape index (κ2) is 3.50. The third-order valence-corrected chi connectivity index (χ3v) is 4.46. The van der Waals surface area contributed by atoms with Crippen LogP contribution in [0.2, 0.25) is 0 Å². The van der Waals surface area contributed by atoms with Crippen molar-refractivity contribution in [3.05, 3.63) is 0 Å². The zero-order valence-electron chi connectivity index (χ0n) is 5.96. The fourth-order valence-electron chi connectivity index (χ4n) is 1.30. The van der Waals surface area contributed by atoms with Crippen LogP contribution in [0.3, 0.4) is 0 Å². The Morgan fingerprint density at radius 3 is 1.91 bits per heavy atom. The first-order valence-electron chi connectivity index (χ1n) is 3.57. The molecule has 0 unspecified atom stereocenters. The van der Waals surface area contributed by atoms with Crippen LogP contribution in [-0.4, -0.2) is 19.0 Å². The lowest BCUT2D eigenvalue weighted by Gasteiger charge is -2.21. The first-order chi connectivity index (χ1) is 5.00. The summed E-state index contributed by atoms with van der Waals surface area (Å²) in [7, 11) is 1.85. The molecule has 0 bridgehead atoms. The minimum absolute atomic E-state index is 0.143. The molecule has 1 saturated carbocycles. The summed E-state index contributed by atoms with van der Waals surface area (Å²) < 4.78 is 21.6. The minimum atomic E-state index is -3.34. The molecule has 66 valence electrons. The van der Waals surface area contributed by atoms with E-state index in [1.54, 1.807) is 0 Å². The maximum Gasteiger partial charge on any atom is 0.235 e. The van der Waals surface area contributed by atoms with Gasteiger partial charge < -0.3 is 0 Å². The fraction of sp³-hybridized carbons (Fsp3) is 1.00. The summed E-state index contributed by atoms with van der Waals surface area (Å²) >= 11 is 5.79.